The summed E-state index contributed by atoms with van der Waals surface area (Å²) in [5, 5.41) is 5.30. The molecule has 3 aromatic heterocycles. The first kappa shape index (κ1) is 26.0. The minimum atomic E-state index is -3.78. The van der Waals surface area contributed by atoms with Gasteiger partial charge in [-0.1, -0.05) is 47.6 Å². The third kappa shape index (κ3) is 4.73. The van der Waals surface area contributed by atoms with Crippen LogP contribution in [0.2, 0.25) is 0 Å². The van der Waals surface area contributed by atoms with Gasteiger partial charge in [0.25, 0.3) is 0 Å². The Labute approximate surface area is 237 Å². The molecule has 5 aromatic rings. The molecule has 2 aromatic carbocycles. The Morgan fingerprint density at radius 2 is 1.82 bits per heavy atom. The number of fused-ring (bicyclic) bond motifs is 1. The molecule has 0 bridgehead atoms. The average molecular weight is 624 g/mol. The lowest BCUT2D eigenvalue weighted by atomic mass is 9.73. The molecule has 0 spiro atoms. The molecule has 0 amide bonds. The number of benzene rings is 2. The van der Waals surface area contributed by atoms with Crippen LogP contribution in [0.3, 0.4) is 0 Å². The fourth-order valence-electron chi connectivity index (χ4n) is 5.05. The molecule has 8 nitrogen and oxygen atoms in total. The second kappa shape index (κ2) is 10.1. The topological polar surface area (TPSA) is 106 Å². The Bertz CT molecular complexity index is 1790. The number of nitrogens with zero attached hydrogens (tertiary/aromatic N) is 4. The standard InChI is InChI=1S/C28H23BrN4O4S2/c1-18(34)19-6-5-9-23(15-19)39(35,36)33-12-10-28(11-13-33,21-7-3-2-4-8-21)27-31-25(32-37-27)24-16-20-14-22(29)17-30-26(20)38-24/h2-9,14-17H,10-13H2,1H3. The van der Waals surface area contributed by atoms with Gasteiger partial charge in [0.1, 0.15) is 4.83 Å². The van der Waals surface area contributed by atoms with E-state index in [0.29, 0.717) is 30.1 Å². The smallest absolute Gasteiger partial charge is 0.243 e. The van der Waals surface area contributed by atoms with Crippen molar-refractivity contribution in [2.45, 2.75) is 30.1 Å². The summed E-state index contributed by atoms with van der Waals surface area (Å²) in [6.45, 7) is 1.95. The summed E-state index contributed by atoms with van der Waals surface area (Å²) in [5.41, 5.74) is 0.726. The molecule has 6 rings (SSSR count). The number of ketones is 1. The van der Waals surface area contributed by atoms with Crippen LogP contribution < -0.4 is 0 Å². The molecule has 0 saturated carbocycles. The quantitative estimate of drug-likeness (QED) is 0.211. The van der Waals surface area contributed by atoms with Gasteiger partial charge in [0.2, 0.25) is 21.7 Å². The molecule has 1 saturated heterocycles. The molecule has 1 fully saturated rings. The highest BCUT2D eigenvalue weighted by Crippen LogP contribution is 2.43. The lowest BCUT2D eigenvalue weighted by Crippen LogP contribution is -2.45. The number of Topliss-reactive ketones (excluding diaryl/α,β-unsaturated/α-hetero) is 1. The fourth-order valence-corrected chi connectivity index (χ4v) is 7.80. The number of carbonyl (C=O) groups is 1. The SMILES string of the molecule is CC(=O)c1cccc(S(=O)(=O)N2CCC(c3ccccc3)(c3nc(-c4cc5cc(Br)cnc5s4)no3)CC2)c1. The van der Waals surface area contributed by atoms with E-state index >= 15 is 0 Å². The number of piperidine rings is 1. The predicted molar refractivity (Wildman–Crippen MR) is 152 cm³/mol. The number of halogens is 1. The Morgan fingerprint density at radius 3 is 2.56 bits per heavy atom. The molecule has 0 aliphatic carbocycles. The number of hydrogen-bond donors (Lipinski definition) is 0. The van der Waals surface area contributed by atoms with Gasteiger partial charge in [-0.15, -0.1) is 11.3 Å². The highest BCUT2D eigenvalue weighted by atomic mass is 79.9. The van der Waals surface area contributed by atoms with Crippen LogP contribution in [0.1, 0.15) is 41.6 Å². The number of pyridine rings is 1. The Balaban J connectivity index is 1.33. The summed E-state index contributed by atoms with van der Waals surface area (Å²) in [6.07, 6.45) is 2.68. The van der Waals surface area contributed by atoms with Crippen LogP contribution in [-0.2, 0) is 15.4 Å². The van der Waals surface area contributed by atoms with Crippen molar-refractivity contribution < 1.29 is 17.7 Å². The van der Waals surface area contributed by atoms with E-state index in [0.717, 1.165) is 25.1 Å². The maximum absolute atomic E-state index is 13.5. The molecule has 0 unspecified atom stereocenters. The van der Waals surface area contributed by atoms with Gasteiger partial charge in [-0.25, -0.2) is 13.4 Å². The summed E-state index contributed by atoms with van der Waals surface area (Å²) < 4.78 is 35.3. The second-order valence-corrected chi connectivity index (χ2v) is 13.4. The van der Waals surface area contributed by atoms with Gasteiger partial charge in [0.05, 0.1) is 15.2 Å². The summed E-state index contributed by atoms with van der Waals surface area (Å²) in [6, 6.07) is 20.1. The number of hydrogen-bond acceptors (Lipinski definition) is 8. The number of carbonyl (C=O) groups excluding carboxylic acids is 1. The van der Waals surface area contributed by atoms with E-state index in [4.69, 9.17) is 9.51 Å². The molecule has 198 valence electrons. The zero-order chi connectivity index (χ0) is 27.2. The fraction of sp³-hybridized carbons (Fsp3) is 0.214. The van der Waals surface area contributed by atoms with Crippen LogP contribution in [0.5, 0.6) is 0 Å². The molecule has 39 heavy (non-hydrogen) atoms. The van der Waals surface area contributed by atoms with Gasteiger partial charge in [-0.05, 0) is 65.5 Å². The van der Waals surface area contributed by atoms with E-state index in [1.807, 2.05) is 42.5 Å². The first-order valence-electron chi connectivity index (χ1n) is 12.3. The van der Waals surface area contributed by atoms with E-state index in [-0.39, 0.29) is 23.8 Å². The number of sulfonamides is 1. The Hall–Kier alpha value is -3.25. The van der Waals surface area contributed by atoms with Crippen LogP contribution >= 0.6 is 27.3 Å². The van der Waals surface area contributed by atoms with Crippen molar-refractivity contribution in [3.05, 3.63) is 94.4 Å². The van der Waals surface area contributed by atoms with Crippen LogP contribution in [0.15, 0.2) is 86.8 Å². The van der Waals surface area contributed by atoms with Crippen LogP contribution in [0, 0.1) is 0 Å². The van der Waals surface area contributed by atoms with Gasteiger partial charge in [-0.3, -0.25) is 4.79 Å². The normalized spacial score (nSPS) is 15.9. The minimum absolute atomic E-state index is 0.118. The Morgan fingerprint density at radius 1 is 1.05 bits per heavy atom. The molecule has 11 heteroatoms. The van der Waals surface area contributed by atoms with Crippen molar-refractivity contribution in [2.75, 3.05) is 13.1 Å². The zero-order valence-corrected chi connectivity index (χ0v) is 24.1. The van der Waals surface area contributed by atoms with E-state index < -0.39 is 15.4 Å². The molecular formula is C28H23BrN4O4S2. The van der Waals surface area contributed by atoms with Gasteiger partial charge >= 0.3 is 0 Å². The largest absolute Gasteiger partial charge is 0.338 e. The average Bonchev–Trinajstić information content (AvgIpc) is 3.61. The third-order valence-electron chi connectivity index (χ3n) is 7.18. The molecule has 1 aliphatic heterocycles. The summed E-state index contributed by atoms with van der Waals surface area (Å²) in [5.74, 6) is 0.768. The first-order chi connectivity index (χ1) is 18.8. The lowest BCUT2D eigenvalue weighted by Gasteiger charge is -2.39. The number of aromatic nitrogens is 3. The minimum Gasteiger partial charge on any atom is -0.338 e. The van der Waals surface area contributed by atoms with Gasteiger partial charge in [0, 0.05) is 34.7 Å². The van der Waals surface area contributed by atoms with E-state index in [2.05, 4.69) is 26.1 Å². The van der Waals surface area contributed by atoms with Crippen molar-refractivity contribution >= 4 is 53.3 Å². The van der Waals surface area contributed by atoms with Crippen LogP contribution in [0.25, 0.3) is 20.9 Å². The number of rotatable bonds is 6. The van der Waals surface area contributed by atoms with Crippen molar-refractivity contribution in [3.63, 3.8) is 0 Å². The van der Waals surface area contributed by atoms with E-state index in [1.165, 1.54) is 34.7 Å². The first-order valence-corrected chi connectivity index (χ1v) is 15.4. The van der Waals surface area contributed by atoms with Gasteiger partial charge in [-0.2, -0.15) is 9.29 Å². The summed E-state index contributed by atoms with van der Waals surface area (Å²) in [4.78, 5) is 23.0. The lowest BCUT2D eigenvalue weighted by molar-refractivity contribution is 0.101. The van der Waals surface area contributed by atoms with Crippen LogP contribution in [-0.4, -0.2) is 46.7 Å². The van der Waals surface area contributed by atoms with Gasteiger partial charge in [0.15, 0.2) is 5.78 Å². The molecule has 4 heterocycles. The highest BCUT2D eigenvalue weighted by Gasteiger charge is 2.45. The third-order valence-corrected chi connectivity index (χ3v) is 10.6. The highest BCUT2D eigenvalue weighted by molar-refractivity contribution is 9.10. The van der Waals surface area contributed by atoms with Crippen LogP contribution in [0.4, 0.5) is 0 Å². The van der Waals surface area contributed by atoms with Gasteiger partial charge < -0.3 is 4.52 Å². The summed E-state index contributed by atoms with van der Waals surface area (Å²) in [7, 11) is -3.78. The maximum Gasteiger partial charge on any atom is 0.243 e. The molecule has 0 atom stereocenters. The Kier molecular flexibility index (Phi) is 6.70. The van der Waals surface area contributed by atoms with Crippen molar-refractivity contribution in [3.8, 4) is 10.7 Å². The van der Waals surface area contributed by atoms with E-state index in [1.54, 1.807) is 18.3 Å². The molecule has 0 radical (unpaired) electrons. The predicted octanol–water partition coefficient (Wildman–Crippen LogP) is 6.08. The zero-order valence-electron chi connectivity index (χ0n) is 20.9. The molecule has 0 N–H and O–H groups in total. The second-order valence-electron chi connectivity index (χ2n) is 9.52. The van der Waals surface area contributed by atoms with Crippen molar-refractivity contribution in [1.29, 1.82) is 0 Å². The maximum atomic E-state index is 13.5. The molecular weight excluding hydrogens is 600 g/mol. The monoisotopic (exact) mass is 622 g/mol. The summed E-state index contributed by atoms with van der Waals surface area (Å²) >= 11 is 4.95. The van der Waals surface area contributed by atoms with Crippen molar-refractivity contribution in [1.82, 2.24) is 19.4 Å². The number of thiophene rings is 1. The van der Waals surface area contributed by atoms with Crippen molar-refractivity contribution in [2.24, 2.45) is 0 Å². The molecule has 1 aliphatic rings. The van der Waals surface area contributed by atoms with E-state index in [9.17, 15) is 13.2 Å².